The van der Waals surface area contributed by atoms with E-state index in [9.17, 15) is 0 Å². The summed E-state index contributed by atoms with van der Waals surface area (Å²) in [4.78, 5) is 0. The van der Waals surface area contributed by atoms with Crippen LogP contribution >= 0.6 is 0 Å². The molecule has 0 heterocycles. The fraction of sp³-hybridized carbons (Fsp3) is 0.444. The minimum Gasteiger partial charge on any atom is -0.301 e. The van der Waals surface area contributed by atoms with Crippen LogP contribution in [-0.4, -0.2) is 5.71 Å². The predicted octanol–water partition coefficient (Wildman–Crippen LogP) is 2.55. The van der Waals surface area contributed by atoms with Gasteiger partial charge >= 0.3 is 0 Å². The minimum absolute atomic E-state index is 0.235. The van der Waals surface area contributed by atoms with E-state index in [0.717, 1.165) is 6.42 Å². The van der Waals surface area contributed by atoms with Gasteiger partial charge in [0.15, 0.2) is 0 Å². The Labute approximate surface area is 62.0 Å². The topological polar surface area (TPSA) is 23.9 Å². The predicted molar refractivity (Wildman–Crippen MR) is 44.4 cm³/mol. The molecule has 1 N–H and O–H groups in total. The third-order valence-electron chi connectivity index (χ3n) is 1.66. The highest BCUT2D eigenvalue weighted by molar-refractivity contribution is 6.01. The quantitative estimate of drug-likeness (QED) is 0.528. The van der Waals surface area contributed by atoms with Crippen molar-refractivity contribution < 1.29 is 0 Å². The van der Waals surface area contributed by atoms with Crippen molar-refractivity contribution in [2.75, 3.05) is 0 Å². The Morgan fingerprint density at radius 1 is 1.40 bits per heavy atom. The van der Waals surface area contributed by atoms with Crippen LogP contribution in [0, 0.1) is 10.8 Å². The Morgan fingerprint density at radius 2 is 2.10 bits per heavy atom. The molecule has 0 aromatic rings. The van der Waals surface area contributed by atoms with E-state index in [1.807, 2.05) is 12.2 Å². The Morgan fingerprint density at radius 3 is 2.80 bits per heavy atom. The molecule has 0 bridgehead atoms. The summed E-state index contributed by atoms with van der Waals surface area (Å²) < 4.78 is 0. The van der Waals surface area contributed by atoms with Gasteiger partial charge < -0.3 is 5.41 Å². The molecule has 0 unspecified atom stereocenters. The summed E-state index contributed by atoms with van der Waals surface area (Å²) >= 11 is 0. The summed E-state index contributed by atoms with van der Waals surface area (Å²) in [6.45, 7) is 4.35. The van der Waals surface area contributed by atoms with Gasteiger partial charge in [-0.25, -0.2) is 0 Å². The van der Waals surface area contributed by atoms with E-state index < -0.39 is 0 Å². The fourth-order valence-electron chi connectivity index (χ4n) is 0.929. The molecule has 0 aromatic heterocycles. The molecular formula is C9H13N. The molecule has 0 amide bonds. The van der Waals surface area contributed by atoms with Gasteiger partial charge in [-0.15, -0.1) is 0 Å². The van der Waals surface area contributed by atoms with Gasteiger partial charge in [-0.3, -0.25) is 0 Å². The molecule has 0 aromatic carbocycles. The van der Waals surface area contributed by atoms with Crippen LogP contribution in [-0.2, 0) is 0 Å². The first-order valence-electron chi connectivity index (χ1n) is 3.54. The highest BCUT2D eigenvalue weighted by atomic mass is 14.4. The molecule has 10 heavy (non-hydrogen) atoms. The van der Waals surface area contributed by atoms with Crippen LogP contribution in [0.2, 0.25) is 0 Å². The van der Waals surface area contributed by atoms with E-state index in [2.05, 4.69) is 26.0 Å². The summed E-state index contributed by atoms with van der Waals surface area (Å²) in [5, 5.41) is 7.33. The van der Waals surface area contributed by atoms with Gasteiger partial charge in [0.1, 0.15) is 0 Å². The molecule has 0 saturated carbocycles. The maximum Gasteiger partial charge on any atom is 0.0533 e. The molecule has 0 aliphatic heterocycles. The largest absolute Gasteiger partial charge is 0.301 e. The van der Waals surface area contributed by atoms with Crippen LogP contribution in [0.5, 0.6) is 0 Å². The van der Waals surface area contributed by atoms with E-state index >= 15 is 0 Å². The molecule has 1 nitrogen and oxygen atoms in total. The number of rotatable bonds is 0. The van der Waals surface area contributed by atoms with Gasteiger partial charge in [-0.1, -0.05) is 26.0 Å². The molecule has 54 valence electrons. The normalized spacial score (nSPS) is 22.8. The Hall–Kier alpha value is -0.850. The minimum atomic E-state index is 0.235. The lowest BCUT2D eigenvalue weighted by Crippen LogP contribution is -2.03. The van der Waals surface area contributed by atoms with E-state index in [1.165, 1.54) is 0 Å². The zero-order chi connectivity index (χ0) is 7.61. The third-order valence-corrected chi connectivity index (χ3v) is 1.66. The van der Waals surface area contributed by atoms with Crippen molar-refractivity contribution in [1.29, 1.82) is 5.41 Å². The smallest absolute Gasteiger partial charge is 0.0533 e. The van der Waals surface area contributed by atoms with Crippen molar-refractivity contribution in [2.45, 2.75) is 20.3 Å². The standard InChI is InChI=1S/C9H13N/c1-9(2)6-3-4-8(10)5-7-9/h3-5,7,10H,6H2,1-2H3. The van der Waals surface area contributed by atoms with Crippen LogP contribution in [0.25, 0.3) is 0 Å². The van der Waals surface area contributed by atoms with Crippen molar-refractivity contribution in [2.24, 2.45) is 5.41 Å². The van der Waals surface area contributed by atoms with Crippen LogP contribution in [0.4, 0.5) is 0 Å². The zero-order valence-corrected chi connectivity index (χ0v) is 6.52. The second-order valence-electron chi connectivity index (χ2n) is 3.38. The third kappa shape index (κ3) is 1.83. The summed E-state index contributed by atoms with van der Waals surface area (Å²) in [6, 6.07) is 0. The average molecular weight is 135 g/mol. The number of nitrogens with one attached hydrogen (secondary N) is 1. The van der Waals surface area contributed by atoms with Crippen LogP contribution in [0.3, 0.4) is 0 Å². The number of allylic oxidation sites excluding steroid dienone is 4. The Kier molecular flexibility index (Phi) is 1.75. The van der Waals surface area contributed by atoms with Crippen molar-refractivity contribution >= 4 is 5.71 Å². The van der Waals surface area contributed by atoms with Crippen LogP contribution < -0.4 is 0 Å². The monoisotopic (exact) mass is 135 g/mol. The first-order valence-corrected chi connectivity index (χ1v) is 3.54. The van der Waals surface area contributed by atoms with Gasteiger partial charge in [-0.2, -0.15) is 0 Å². The number of hydrogen-bond donors (Lipinski definition) is 1. The maximum atomic E-state index is 7.33. The van der Waals surface area contributed by atoms with Crippen LogP contribution in [0.1, 0.15) is 20.3 Å². The van der Waals surface area contributed by atoms with Gasteiger partial charge in [-0.05, 0) is 24.0 Å². The summed E-state index contributed by atoms with van der Waals surface area (Å²) in [5.74, 6) is 0. The summed E-state index contributed by atoms with van der Waals surface area (Å²) in [6.07, 6.45) is 8.90. The van der Waals surface area contributed by atoms with Crippen molar-refractivity contribution in [3.63, 3.8) is 0 Å². The van der Waals surface area contributed by atoms with Gasteiger partial charge in [0, 0.05) is 0 Å². The first kappa shape index (κ1) is 7.26. The van der Waals surface area contributed by atoms with Gasteiger partial charge in [0.25, 0.3) is 0 Å². The van der Waals surface area contributed by atoms with Crippen LogP contribution in [0.15, 0.2) is 24.3 Å². The van der Waals surface area contributed by atoms with Gasteiger partial charge in [0.2, 0.25) is 0 Å². The first-order chi connectivity index (χ1) is 4.60. The maximum absolute atomic E-state index is 7.33. The molecule has 0 saturated heterocycles. The van der Waals surface area contributed by atoms with E-state index in [1.54, 1.807) is 0 Å². The molecule has 0 fully saturated rings. The Bertz CT molecular complexity index is 197. The SMILES string of the molecule is CC1(C)C=CC(=N)C=CC1. The second kappa shape index (κ2) is 2.41. The lowest BCUT2D eigenvalue weighted by atomic mass is 9.90. The molecule has 0 radical (unpaired) electrons. The molecule has 0 spiro atoms. The number of hydrogen-bond acceptors (Lipinski definition) is 1. The zero-order valence-electron chi connectivity index (χ0n) is 6.52. The van der Waals surface area contributed by atoms with E-state index in [0.29, 0.717) is 5.71 Å². The average Bonchev–Trinajstić information content (AvgIpc) is 1.94. The highest BCUT2D eigenvalue weighted by Crippen LogP contribution is 2.24. The summed E-state index contributed by atoms with van der Waals surface area (Å²) in [5.41, 5.74) is 0.838. The summed E-state index contributed by atoms with van der Waals surface area (Å²) in [7, 11) is 0. The lowest BCUT2D eigenvalue weighted by molar-refractivity contribution is 0.490. The molecule has 1 aliphatic carbocycles. The Balaban J connectivity index is 2.82. The van der Waals surface area contributed by atoms with Crippen molar-refractivity contribution in [3.05, 3.63) is 24.3 Å². The second-order valence-corrected chi connectivity index (χ2v) is 3.38. The molecule has 1 aliphatic rings. The van der Waals surface area contributed by atoms with Crippen molar-refractivity contribution in [1.82, 2.24) is 0 Å². The lowest BCUT2D eigenvalue weighted by Gasteiger charge is -2.15. The molecule has 1 rings (SSSR count). The van der Waals surface area contributed by atoms with Gasteiger partial charge in [0.05, 0.1) is 5.71 Å². The highest BCUT2D eigenvalue weighted by Gasteiger charge is 2.12. The fourth-order valence-corrected chi connectivity index (χ4v) is 0.929. The van der Waals surface area contributed by atoms with Crippen molar-refractivity contribution in [3.8, 4) is 0 Å². The molecule has 0 atom stereocenters. The molecule has 1 heteroatoms. The van der Waals surface area contributed by atoms with E-state index in [4.69, 9.17) is 5.41 Å². The molecular weight excluding hydrogens is 122 g/mol. The van der Waals surface area contributed by atoms with E-state index in [-0.39, 0.29) is 5.41 Å².